The number of benzene rings is 1. The lowest BCUT2D eigenvalue weighted by Crippen LogP contribution is -2.58. The number of alkyl halides is 1. The van der Waals surface area contributed by atoms with E-state index in [2.05, 4.69) is 17.6 Å². The Morgan fingerprint density at radius 2 is 2.11 bits per heavy atom. The second-order valence-electron chi connectivity index (χ2n) is 7.93. The smallest absolute Gasteiger partial charge is 0.314 e. The third-order valence-electron chi connectivity index (χ3n) is 5.98. The molecular weight excluding hydrogens is 350 g/mol. The van der Waals surface area contributed by atoms with Crippen LogP contribution in [0.1, 0.15) is 45.4 Å². The van der Waals surface area contributed by atoms with Gasteiger partial charge in [0.15, 0.2) is 0 Å². The fraction of sp³-hybridized carbons (Fsp3) is 0.600. The molecule has 4 atom stereocenters. The van der Waals surface area contributed by atoms with Crippen LogP contribution in [-0.4, -0.2) is 42.2 Å². The molecule has 0 radical (unpaired) electrons. The lowest BCUT2D eigenvalue weighted by Gasteiger charge is -2.43. The average Bonchev–Trinajstić information content (AvgIpc) is 2.87. The zero-order valence-electron chi connectivity index (χ0n) is 15.5. The monoisotopic (exact) mass is 376 g/mol. The molecule has 0 bridgehead atoms. The first-order valence-corrected chi connectivity index (χ1v) is 9.82. The Bertz CT molecular complexity index is 755. The van der Waals surface area contributed by atoms with Gasteiger partial charge in [-0.1, -0.05) is 18.9 Å². The highest BCUT2D eigenvalue weighted by Gasteiger charge is 2.53. The molecule has 1 aromatic rings. The summed E-state index contributed by atoms with van der Waals surface area (Å²) in [5.74, 6) is 0.151. The van der Waals surface area contributed by atoms with Gasteiger partial charge in [0.05, 0.1) is 6.04 Å². The highest BCUT2D eigenvalue weighted by Crippen LogP contribution is 2.38. The van der Waals surface area contributed by atoms with E-state index in [9.17, 15) is 13.6 Å². The molecule has 1 unspecified atom stereocenters. The Hall–Kier alpha value is -2.02. The summed E-state index contributed by atoms with van der Waals surface area (Å²) in [5.41, 5.74) is -0.181. The number of piperidine rings is 1. The van der Waals surface area contributed by atoms with Gasteiger partial charge < -0.3 is 5.32 Å². The lowest BCUT2D eigenvalue weighted by molar-refractivity contribution is 0.218. The van der Waals surface area contributed by atoms with Crippen molar-refractivity contribution in [3.8, 4) is 0 Å². The van der Waals surface area contributed by atoms with Crippen LogP contribution >= 0.6 is 0 Å². The number of urea groups is 1. The molecule has 1 saturated carbocycles. The standard InChI is InChI=1S/C20H26F2N4O/c1-13-12-20(9-10-23-13)18(24-17-8-3-2-7-16(17)22)25-19(27)26(20)15-6-4-5-14(21)11-15/h4-6,11,13,16-17,23H,2-3,7-10,12H2,1H3,(H,24,25,27)/t13-,16+,17+,20?/m0/s1. The Kier molecular flexibility index (Phi) is 4.88. The summed E-state index contributed by atoms with van der Waals surface area (Å²) in [5, 5.41) is 6.29. The zero-order valence-corrected chi connectivity index (χ0v) is 15.5. The van der Waals surface area contributed by atoms with Crippen LogP contribution < -0.4 is 15.5 Å². The van der Waals surface area contributed by atoms with Crippen molar-refractivity contribution in [2.45, 2.75) is 69.2 Å². The molecule has 3 aliphatic rings. The Morgan fingerprint density at radius 1 is 1.30 bits per heavy atom. The summed E-state index contributed by atoms with van der Waals surface area (Å²) in [4.78, 5) is 19.2. The number of hydrogen-bond donors (Lipinski definition) is 2. The molecule has 2 saturated heterocycles. The Labute approximate surface area is 158 Å². The molecule has 1 aliphatic carbocycles. The number of carbonyl (C=O) groups is 1. The maximum Gasteiger partial charge on any atom is 0.328 e. The molecular formula is C20H26F2N4O. The molecule has 2 amide bonds. The van der Waals surface area contributed by atoms with Crippen LogP contribution in [0.5, 0.6) is 0 Å². The first-order valence-electron chi connectivity index (χ1n) is 9.82. The van der Waals surface area contributed by atoms with E-state index in [0.717, 1.165) is 12.8 Å². The quantitative estimate of drug-likeness (QED) is 0.829. The molecule has 7 heteroatoms. The van der Waals surface area contributed by atoms with Crippen molar-refractivity contribution in [3.05, 3.63) is 30.1 Å². The minimum atomic E-state index is -0.970. The highest BCUT2D eigenvalue weighted by molar-refractivity contribution is 6.19. The second-order valence-corrected chi connectivity index (χ2v) is 7.93. The topological polar surface area (TPSA) is 56.7 Å². The van der Waals surface area contributed by atoms with Crippen molar-refractivity contribution in [1.82, 2.24) is 10.6 Å². The molecule has 1 spiro atoms. The lowest BCUT2D eigenvalue weighted by atomic mass is 9.82. The molecule has 0 aromatic heterocycles. The number of rotatable bonds is 2. The minimum absolute atomic E-state index is 0.167. The van der Waals surface area contributed by atoms with Gasteiger partial charge in [-0.2, -0.15) is 0 Å². The third-order valence-corrected chi connectivity index (χ3v) is 5.98. The summed E-state index contributed by atoms with van der Waals surface area (Å²) < 4.78 is 28.3. The van der Waals surface area contributed by atoms with E-state index in [-0.39, 0.29) is 17.9 Å². The van der Waals surface area contributed by atoms with Gasteiger partial charge in [-0.25, -0.2) is 13.6 Å². The van der Waals surface area contributed by atoms with Gasteiger partial charge in [-0.3, -0.25) is 15.2 Å². The van der Waals surface area contributed by atoms with Gasteiger partial charge in [-0.05, 0) is 57.4 Å². The van der Waals surface area contributed by atoms with Crippen molar-refractivity contribution >= 4 is 17.6 Å². The number of nitrogens with one attached hydrogen (secondary N) is 2. The molecule has 3 fully saturated rings. The van der Waals surface area contributed by atoms with E-state index in [1.54, 1.807) is 17.0 Å². The number of amidine groups is 1. The number of anilines is 1. The number of carbonyl (C=O) groups excluding carboxylic acids is 1. The molecule has 5 nitrogen and oxygen atoms in total. The van der Waals surface area contributed by atoms with Gasteiger partial charge in [-0.15, -0.1) is 0 Å². The number of halogens is 2. The largest absolute Gasteiger partial charge is 0.328 e. The maximum atomic E-state index is 14.4. The van der Waals surface area contributed by atoms with Crippen molar-refractivity contribution in [2.75, 3.05) is 11.4 Å². The van der Waals surface area contributed by atoms with E-state index in [1.807, 2.05) is 0 Å². The first kappa shape index (κ1) is 18.3. The van der Waals surface area contributed by atoms with Crippen LogP contribution in [0, 0.1) is 5.82 Å². The molecule has 2 heterocycles. The van der Waals surface area contributed by atoms with Crippen LogP contribution in [0.25, 0.3) is 0 Å². The predicted octanol–water partition coefficient (Wildman–Crippen LogP) is 3.55. The first-order chi connectivity index (χ1) is 13.0. The van der Waals surface area contributed by atoms with Crippen molar-refractivity contribution in [3.63, 3.8) is 0 Å². The predicted molar refractivity (Wildman–Crippen MR) is 101 cm³/mol. The molecule has 2 aliphatic heterocycles. The van der Waals surface area contributed by atoms with Crippen LogP contribution in [0.15, 0.2) is 29.3 Å². The number of hydrogen-bond acceptors (Lipinski definition) is 3. The number of aliphatic imine (C=N–C) groups is 1. The summed E-state index contributed by atoms with van der Waals surface area (Å²) in [6, 6.07) is 5.50. The van der Waals surface area contributed by atoms with E-state index >= 15 is 0 Å². The van der Waals surface area contributed by atoms with Crippen LogP contribution in [-0.2, 0) is 0 Å². The molecule has 2 N–H and O–H groups in total. The second kappa shape index (κ2) is 7.19. The van der Waals surface area contributed by atoms with E-state index in [1.165, 1.54) is 12.1 Å². The van der Waals surface area contributed by atoms with Gasteiger partial charge in [0.2, 0.25) is 0 Å². The Balaban J connectivity index is 1.76. The molecule has 4 rings (SSSR count). The van der Waals surface area contributed by atoms with Crippen LogP contribution in [0.4, 0.5) is 19.3 Å². The van der Waals surface area contributed by atoms with Gasteiger partial charge in [0.25, 0.3) is 0 Å². The van der Waals surface area contributed by atoms with E-state index in [4.69, 9.17) is 4.99 Å². The van der Waals surface area contributed by atoms with Crippen LogP contribution in [0.3, 0.4) is 0 Å². The molecule has 146 valence electrons. The minimum Gasteiger partial charge on any atom is -0.314 e. The third kappa shape index (κ3) is 3.33. The summed E-state index contributed by atoms with van der Waals surface area (Å²) in [6.07, 6.45) is 3.38. The Morgan fingerprint density at radius 3 is 2.85 bits per heavy atom. The van der Waals surface area contributed by atoms with Crippen molar-refractivity contribution < 1.29 is 13.6 Å². The van der Waals surface area contributed by atoms with Crippen molar-refractivity contribution in [1.29, 1.82) is 0 Å². The SMILES string of the molecule is C[C@H]1CC2(CCN1)C(=N[C@@H]1CCCC[C@H]1F)NC(=O)N2c1cccc(F)c1. The number of amides is 2. The van der Waals surface area contributed by atoms with E-state index < -0.39 is 17.8 Å². The van der Waals surface area contributed by atoms with Gasteiger partial charge >= 0.3 is 6.03 Å². The van der Waals surface area contributed by atoms with Gasteiger partial charge in [0.1, 0.15) is 23.4 Å². The van der Waals surface area contributed by atoms with Crippen LogP contribution in [0.2, 0.25) is 0 Å². The fourth-order valence-corrected chi connectivity index (χ4v) is 4.71. The fourth-order valence-electron chi connectivity index (χ4n) is 4.71. The van der Waals surface area contributed by atoms with E-state index in [0.29, 0.717) is 43.8 Å². The maximum absolute atomic E-state index is 14.4. The normalized spacial score (nSPS) is 35.7. The summed E-state index contributed by atoms with van der Waals surface area (Å²) >= 11 is 0. The summed E-state index contributed by atoms with van der Waals surface area (Å²) in [7, 11) is 0. The molecule has 1 aromatic carbocycles. The van der Waals surface area contributed by atoms with Gasteiger partial charge in [0, 0.05) is 11.7 Å². The number of nitrogens with zero attached hydrogens (tertiary/aromatic N) is 2. The molecule has 27 heavy (non-hydrogen) atoms. The summed E-state index contributed by atoms with van der Waals surface area (Å²) in [6.45, 7) is 2.77. The zero-order chi connectivity index (χ0) is 19.0. The van der Waals surface area contributed by atoms with Crippen molar-refractivity contribution in [2.24, 2.45) is 4.99 Å². The average molecular weight is 376 g/mol. The highest BCUT2D eigenvalue weighted by atomic mass is 19.1.